The molecule has 2 N–H and O–H groups in total. The van der Waals surface area contributed by atoms with Crippen molar-refractivity contribution in [2.75, 3.05) is 19.3 Å². The van der Waals surface area contributed by atoms with Gasteiger partial charge in [-0.2, -0.15) is 0 Å². The number of nitrogens with two attached hydrogens (primary N) is 1. The molecule has 0 atom stereocenters. The predicted octanol–water partition coefficient (Wildman–Crippen LogP) is 3.54. The quantitative estimate of drug-likeness (QED) is 0.831. The fraction of sp³-hybridized carbons (Fsp3) is 0.571. The Hall–Kier alpha value is -0.730. The molecule has 3 heteroatoms. The predicted molar refractivity (Wildman–Crippen MR) is 74.2 cm³/mol. The van der Waals surface area contributed by atoms with Gasteiger partial charge in [-0.3, -0.25) is 0 Å². The van der Waals surface area contributed by atoms with Crippen LogP contribution < -0.4 is 5.73 Å². The normalized spacial score (nSPS) is 16.9. The van der Waals surface area contributed by atoms with Crippen LogP contribution in [0.25, 0.3) is 0 Å². The van der Waals surface area contributed by atoms with Crippen LogP contribution in [0.4, 0.5) is 5.69 Å². The standard InChI is InChI=1S/C14H21ClN2/c1-17(9-11-4-2-3-5-11)10-12-6-7-13(15)8-14(12)16/h6-8,11H,2-5,9-10,16H2,1H3. The van der Waals surface area contributed by atoms with Crippen molar-refractivity contribution < 1.29 is 0 Å². The summed E-state index contributed by atoms with van der Waals surface area (Å²) in [6.07, 6.45) is 5.59. The van der Waals surface area contributed by atoms with Gasteiger partial charge in [-0.1, -0.05) is 30.5 Å². The topological polar surface area (TPSA) is 29.3 Å². The molecule has 1 aliphatic rings. The van der Waals surface area contributed by atoms with Crippen LogP contribution in [0.5, 0.6) is 0 Å². The largest absolute Gasteiger partial charge is 0.398 e. The summed E-state index contributed by atoms with van der Waals surface area (Å²) >= 11 is 5.90. The molecule has 0 aromatic heterocycles. The zero-order valence-corrected chi connectivity index (χ0v) is 11.2. The molecule has 0 unspecified atom stereocenters. The van der Waals surface area contributed by atoms with Crippen LogP contribution in [0, 0.1) is 5.92 Å². The van der Waals surface area contributed by atoms with Crippen molar-refractivity contribution in [3.05, 3.63) is 28.8 Å². The molecular weight excluding hydrogens is 232 g/mol. The molecule has 2 nitrogen and oxygen atoms in total. The molecule has 2 rings (SSSR count). The number of rotatable bonds is 4. The molecule has 0 aliphatic heterocycles. The highest BCUT2D eigenvalue weighted by Crippen LogP contribution is 2.26. The summed E-state index contributed by atoms with van der Waals surface area (Å²) in [4.78, 5) is 2.37. The minimum Gasteiger partial charge on any atom is -0.398 e. The van der Waals surface area contributed by atoms with Crippen LogP contribution in [-0.2, 0) is 6.54 Å². The van der Waals surface area contributed by atoms with Crippen molar-refractivity contribution in [2.24, 2.45) is 5.92 Å². The first-order chi connectivity index (χ1) is 8.15. The summed E-state index contributed by atoms with van der Waals surface area (Å²) in [7, 11) is 2.17. The van der Waals surface area contributed by atoms with Crippen molar-refractivity contribution in [1.29, 1.82) is 0 Å². The van der Waals surface area contributed by atoms with Gasteiger partial charge in [-0.25, -0.2) is 0 Å². The number of nitrogen functional groups attached to an aromatic ring is 1. The highest BCUT2D eigenvalue weighted by atomic mass is 35.5. The van der Waals surface area contributed by atoms with Gasteiger partial charge in [0.1, 0.15) is 0 Å². The number of anilines is 1. The second-order valence-electron chi connectivity index (χ2n) is 5.19. The number of hydrogen-bond acceptors (Lipinski definition) is 2. The Kier molecular flexibility index (Phi) is 4.30. The SMILES string of the molecule is CN(Cc1ccc(Cl)cc1N)CC1CCCC1. The van der Waals surface area contributed by atoms with Crippen molar-refractivity contribution in [2.45, 2.75) is 32.2 Å². The third kappa shape index (κ3) is 3.62. The minimum atomic E-state index is 0.713. The van der Waals surface area contributed by atoms with Crippen LogP contribution in [0.1, 0.15) is 31.2 Å². The lowest BCUT2D eigenvalue weighted by Crippen LogP contribution is -2.24. The first-order valence-electron chi connectivity index (χ1n) is 6.37. The third-order valence-corrected chi connectivity index (χ3v) is 3.83. The molecule has 0 saturated heterocycles. The molecule has 0 amide bonds. The molecule has 0 bridgehead atoms. The fourth-order valence-electron chi connectivity index (χ4n) is 2.70. The van der Waals surface area contributed by atoms with Gasteiger partial charge in [0.25, 0.3) is 0 Å². The van der Waals surface area contributed by atoms with Gasteiger partial charge in [0.15, 0.2) is 0 Å². The molecule has 0 spiro atoms. The van der Waals surface area contributed by atoms with E-state index in [1.54, 1.807) is 0 Å². The molecule has 1 aromatic rings. The van der Waals surface area contributed by atoms with E-state index >= 15 is 0 Å². The Bertz CT molecular complexity index is 372. The highest BCUT2D eigenvalue weighted by Gasteiger charge is 2.17. The molecule has 1 saturated carbocycles. The van der Waals surface area contributed by atoms with Gasteiger partial charge in [-0.05, 0) is 43.5 Å². The van der Waals surface area contributed by atoms with Crippen LogP contribution >= 0.6 is 11.6 Å². The van der Waals surface area contributed by atoms with Crippen LogP contribution in [0.2, 0.25) is 5.02 Å². The van der Waals surface area contributed by atoms with Crippen molar-refractivity contribution in [1.82, 2.24) is 4.90 Å². The zero-order valence-electron chi connectivity index (χ0n) is 10.5. The zero-order chi connectivity index (χ0) is 12.3. The number of benzene rings is 1. The summed E-state index contributed by atoms with van der Waals surface area (Å²) in [5.74, 6) is 0.883. The first-order valence-corrected chi connectivity index (χ1v) is 6.75. The van der Waals surface area contributed by atoms with Crippen molar-refractivity contribution in [3.8, 4) is 0 Å². The van der Waals surface area contributed by atoms with E-state index < -0.39 is 0 Å². The van der Waals surface area contributed by atoms with E-state index in [4.69, 9.17) is 17.3 Å². The highest BCUT2D eigenvalue weighted by molar-refractivity contribution is 6.30. The van der Waals surface area contributed by atoms with Crippen LogP contribution in [0.15, 0.2) is 18.2 Å². The van der Waals surface area contributed by atoms with E-state index in [9.17, 15) is 0 Å². The summed E-state index contributed by atoms with van der Waals surface area (Å²) in [6.45, 7) is 2.10. The van der Waals surface area contributed by atoms with E-state index in [0.29, 0.717) is 5.02 Å². The average Bonchev–Trinajstić information content (AvgIpc) is 2.75. The van der Waals surface area contributed by atoms with Crippen LogP contribution in [-0.4, -0.2) is 18.5 Å². The maximum absolute atomic E-state index is 5.97. The van der Waals surface area contributed by atoms with Crippen LogP contribution in [0.3, 0.4) is 0 Å². The van der Waals surface area contributed by atoms with Gasteiger partial charge >= 0.3 is 0 Å². The summed E-state index contributed by atoms with van der Waals surface area (Å²) in [5, 5.41) is 0.713. The lowest BCUT2D eigenvalue weighted by atomic mass is 10.1. The van der Waals surface area contributed by atoms with Gasteiger partial charge in [-0.15, -0.1) is 0 Å². The second kappa shape index (κ2) is 5.74. The summed E-state index contributed by atoms with van der Waals surface area (Å²) in [5.41, 5.74) is 7.94. The molecular formula is C14H21ClN2. The van der Waals surface area contributed by atoms with Crippen molar-refractivity contribution in [3.63, 3.8) is 0 Å². The molecule has 1 aliphatic carbocycles. The number of nitrogens with zero attached hydrogens (tertiary/aromatic N) is 1. The van der Waals surface area contributed by atoms with Gasteiger partial charge in [0, 0.05) is 23.8 Å². The summed E-state index contributed by atoms with van der Waals surface area (Å²) in [6, 6.07) is 5.78. The van der Waals surface area contributed by atoms with E-state index in [2.05, 4.69) is 11.9 Å². The average molecular weight is 253 g/mol. The maximum Gasteiger partial charge on any atom is 0.0426 e. The van der Waals surface area contributed by atoms with E-state index in [-0.39, 0.29) is 0 Å². The Morgan fingerprint density at radius 1 is 1.35 bits per heavy atom. The maximum atomic E-state index is 5.97. The van der Waals surface area contributed by atoms with E-state index in [1.807, 2.05) is 18.2 Å². The lowest BCUT2D eigenvalue weighted by molar-refractivity contribution is 0.271. The van der Waals surface area contributed by atoms with Gasteiger partial charge < -0.3 is 10.6 Å². The lowest BCUT2D eigenvalue weighted by Gasteiger charge is -2.21. The van der Waals surface area contributed by atoms with E-state index in [0.717, 1.165) is 18.2 Å². The number of hydrogen-bond donors (Lipinski definition) is 1. The smallest absolute Gasteiger partial charge is 0.0426 e. The monoisotopic (exact) mass is 252 g/mol. The molecule has 94 valence electrons. The van der Waals surface area contributed by atoms with Crippen molar-refractivity contribution >= 4 is 17.3 Å². The molecule has 0 heterocycles. The molecule has 1 fully saturated rings. The Morgan fingerprint density at radius 3 is 2.71 bits per heavy atom. The molecule has 17 heavy (non-hydrogen) atoms. The molecule has 0 radical (unpaired) electrons. The van der Waals surface area contributed by atoms with E-state index in [1.165, 1.54) is 37.8 Å². The first kappa shape index (κ1) is 12.7. The van der Waals surface area contributed by atoms with Gasteiger partial charge in [0.05, 0.1) is 0 Å². The Labute approximate surface area is 109 Å². The number of halogens is 1. The summed E-state index contributed by atoms with van der Waals surface area (Å²) < 4.78 is 0. The minimum absolute atomic E-state index is 0.713. The second-order valence-corrected chi connectivity index (χ2v) is 5.63. The fourth-order valence-corrected chi connectivity index (χ4v) is 2.88. The Morgan fingerprint density at radius 2 is 2.06 bits per heavy atom. The molecule has 1 aromatic carbocycles. The van der Waals surface area contributed by atoms with Gasteiger partial charge in [0.2, 0.25) is 0 Å². The Balaban J connectivity index is 1.90. The third-order valence-electron chi connectivity index (χ3n) is 3.59.